The normalized spacial score (nSPS) is 15.0. The van der Waals surface area contributed by atoms with E-state index >= 15 is 0 Å². The zero-order valence-corrected chi connectivity index (χ0v) is 22.7. The highest BCUT2D eigenvalue weighted by molar-refractivity contribution is 6.37. The lowest BCUT2D eigenvalue weighted by molar-refractivity contribution is -0.194. The standard InChI is InChI=1S/C30H30N4O6/c1-5-38-28(36)18-8-13-22-23(14-18)33-27(35)25(22)26(17-6-7-19-16-39-40-24(19)15-17)32-20-9-11-21(12-10-20)34(4)29(37)30(2,3)31/h6-15,32H,5,16,31H2,1-4H3,(H,33,35)/b26-25-. The van der Waals surface area contributed by atoms with Gasteiger partial charge < -0.3 is 30.9 Å². The molecule has 0 saturated heterocycles. The summed E-state index contributed by atoms with van der Waals surface area (Å²) in [6, 6.07) is 17.8. The van der Waals surface area contributed by atoms with Crippen LogP contribution in [-0.4, -0.2) is 37.0 Å². The average molecular weight is 543 g/mol. The molecule has 0 atom stereocenters. The Morgan fingerprint density at radius 3 is 2.50 bits per heavy atom. The molecular formula is C30H30N4O6. The molecule has 10 nitrogen and oxygen atoms in total. The van der Waals surface area contributed by atoms with Crippen molar-refractivity contribution in [1.82, 2.24) is 0 Å². The molecule has 2 amide bonds. The van der Waals surface area contributed by atoms with E-state index in [9.17, 15) is 14.4 Å². The molecule has 2 aliphatic heterocycles. The lowest BCUT2D eigenvalue weighted by Crippen LogP contribution is -2.49. The number of nitrogens with one attached hydrogen (secondary N) is 2. The smallest absolute Gasteiger partial charge is 0.338 e. The fourth-order valence-corrected chi connectivity index (χ4v) is 4.57. The first-order valence-corrected chi connectivity index (χ1v) is 12.8. The second-order valence-corrected chi connectivity index (χ2v) is 10.1. The molecule has 0 saturated carbocycles. The van der Waals surface area contributed by atoms with Crippen molar-refractivity contribution in [2.45, 2.75) is 32.9 Å². The third kappa shape index (κ3) is 5.14. The number of nitrogens with zero attached hydrogens (tertiary/aromatic N) is 1. The van der Waals surface area contributed by atoms with Crippen LogP contribution in [0.3, 0.4) is 0 Å². The number of carbonyl (C=O) groups is 3. The van der Waals surface area contributed by atoms with E-state index in [4.69, 9.17) is 20.2 Å². The Morgan fingerprint density at radius 1 is 1.07 bits per heavy atom. The Labute approximate surface area is 231 Å². The molecule has 206 valence electrons. The molecule has 3 aromatic carbocycles. The van der Waals surface area contributed by atoms with Crippen LogP contribution in [0, 0.1) is 0 Å². The van der Waals surface area contributed by atoms with Gasteiger partial charge in [-0.05, 0) is 63.2 Å². The molecule has 0 spiro atoms. The Bertz CT molecular complexity index is 1540. The van der Waals surface area contributed by atoms with E-state index in [1.807, 2.05) is 24.3 Å². The Balaban J connectivity index is 1.56. The highest BCUT2D eigenvalue weighted by atomic mass is 17.2. The number of likely N-dealkylation sites (N-methyl/N-ethyl adjacent to an activating group) is 1. The minimum atomic E-state index is -1.01. The van der Waals surface area contributed by atoms with Gasteiger partial charge in [0, 0.05) is 35.1 Å². The maximum atomic E-state index is 13.4. The van der Waals surface area contributed by atoms with Gasteiger partial charge in [-0.1, -0.05) is 18.2 Å². The molecule has 0 unspecified atom stereocenters. The van der Waals surface area contributed by atoms with Gasteiger partial charge in [-0.15, -0.1) is 0 Å². The van der Waals surface area contributed by atoms with Crippen molar-refractivity contribution >= 4 is 46.1 Å². The summed E-state index contributed by atoms with van der Waals surface area (Å²) < 4.78 is 5.11. The topological polar surface area (TPSA) is 132 Å². The number of amides is 2. The van der Waals surface area contributed by atoms with E-state index in [1.165, 1.54) is 4.90 Å². The summed E-state index contributed by atoms with van der Waals surface area (Å²) in [5.41, 5.74) is 10.3. The minimum absolute atomic E-state index is 0.224. The molecule has 4 N–H and O–H groups in total. The minimum Gasteiger partial charge on any atom is -0.462 e. The van der Waals surface area contributed by atoms with Crippen LogP contribution < -0.4 is 26.2 Å². The summed E-state index contributed by atoms with van der Waals surface area (Å²) in [4.78, 5) is 50.2. The van der Waals surface area contributed by atoms with E-state index in [1.54, 1.807) is 64.2 Å². The third-order valence-corrected chi connectivity index (χ3v) is 6.62. The zero-order valence-electron chi connectivity index (χ0n) is 22.7. The molecule has 0 bridgehead atoms. The summed E-state index contributed by atoms with van der Waals surface area (Å²) in [7, 11) is 1.67. The van der Waals surface area contributed by atoms with E-state index in [0.29, 0.717) is 57.4 Å². The zero-order chi connectivity index (χ0) is 28.6. The van der Waals surface area contributed by atoms with Crippen molar-refractivity contribution in [3.05, 3.63) is 82.9 Å². The number of esters is 1. The number of rotatable bonds is 7. The lowest BCUT2D eigenvalue weighted by Gasteiger charge is -2.26. The van der Waals surface area contributed by atoms with E-state index in [0.717, 1.165) is 5.56 Å². The van der Waals surface area contributed by atoms with E-state index < -0.39 is 11.5 Å². The van der Waals surface area contributed by atoms with Gasteiger partial charge in [0.15, 0.2) is 5.75 Å². The number of nitrogens with two attached hydrogens (primary N) is 1. The van der Waals surface area contributed by atoms with E-state index in [2.05, 4.69) is 10.6 Å². The maximum Gasteiger partial charge on any atom is 0.338 e. The molecule has 2 aliphatic rings. The van der Waals surface area contributed by atoms with Crippen molar-refractivity contribution in [3.63, 3.8) is 0 Å². The summed E-state index contributed by atoms with van der Waals surface area (Å²) in [5.74, 6) is -0.456. The molecule has 10 heteroatoms. The van der Waals surface area contributed by atoms with Crippen LogP contribution in [0.4, 0.5) is 17.1 Å². The highest BCUT2D eigenvalue weighted by Gasteiger charge is 2.30. The lowest BCUT2D eigenvalue weighted by atomic mass is 9.98. The van der Waals surface area contributed by atoms with Crippen molar-refractivity contribution < 1.29 is 28.9 Å². The van der Waals surface area contributed by atoms with Gasteiger partial charge >= 0.3 is 5.97 Å². The monoisotopic (exact) mass is 542 g/mol. The van der Waals surface area contributed by atoms with Crippen LogP contribution in [0.1, 0.15) is 47.8 Å². The predicted molar refractivity (Wildman–Crippen MR) is 151 cm³/mol. The molecule has 0 radical (unpaired) electrons. The van der Waals surface area contributed by atoms with Crippen LogP contribution in [0.2, 0.25) is 0 Å². The number of fused-ring (bicyclic) bond motifs is 2. The summed E-state index contributed by atoms with van der Waals surface area (Å²) >= 11 is 0. The fourth-order valence-electron chi connectivity index (χ4n) is 4.57. The summed E-state index contributed by atoms with van der Waals surface area (Å²) in [5, 5.41) is 6.25. The van der Waals surface area contributed by atoms with Crippen LogP contribution in [-0.2, 0) is 25.8 Å². The van der Waals surface area contributed by atoms with Gasteiger partial charge in [0.2, 0.25) is 5.91 Å². The maximum absolute atomic E-state index is 13.4. The summed E-state index contributed by atoms with van der Waals surface area (Å²) in [6.07, 6.45) is 0. The third-order valence-electron chi connectivity index (χ3n) is 6.62. The fraction of sp³-hybridized carbons (Fsp3) is 0.233. The number of hydrogen-bond acceptors (Lipinski definition) is 8. The van der Waals surface area contributed by atoms with Crippen molar-refractivity contribution in [2.75, 3.05) is 29.2 Å². The molecule has 40 heavy (non-hydrogen) atoms. The van der Waals surface area contributed by atoms with Gasteiger partial charge in [-0.25, -0.2) is 4.79 Å². The van der Waals surface area contributed by atoms with Gasteiger partial charge in [0.1, 0.15) is 6.61 Å². The quantitative estimate of drug-likeness (QED) is 0.229. The van der Waals surface area contributed by atoms with Gasteiger partial charge in [-0.2, -0.15) is 4.89 Å². The SMILES string of the molecule is CCOC(=O)c1ccc2c(c1)NC(=O)/C2=C(\Nc1ccc(N(C)C(=O)C(C)(C)N)cc1)c1ccc2c(c1)OOC2. The van der Waals surface area contributed by atoms with Crippen molar-refractivity contribution in [2.24, 2.45) is 5.73 Å². The second kappa shape index (κ2) is 10.5. The predicted octanol–water partition coefficient (Wildman–Crippen LogP) is 4.32. The van der Waals surface area contributed by atoms with Crippen LogP contribution >= 0.6 is 0 Å². The Kier molecular flexibility index (Phi) is 7.05. The van der Waals surface area contributed by atoms with Crippen LogP contribution in [0.15, 0.2) is 60.7 Å². The first-order valence-electron chi connectivity index (χ1n) is 12.8. The largest absolute Gasteiger partial charge is 0.462 e. The van der Waals surface area contributed by atoms with Gasteiger partial charge in [-0.3, -0.25) is 9.59 Å². The van der Waals surface area contributed by atoms with E-state index in [-0.39, 0.29) is 18.4 Å². The van der Waals surface area contributed by atoms with Crippen LogP contribution in [0.5, 0.6) is 5.75 Å². The van der Waals surface area contributed by atoms with Gasteiger partial charge in [0.05, 0.1) is 34.7 Å². The molecule has 5 rings (SSSR count). The highest BCUT2D eigenvalue weighted by Crippen LogP contribution is 2.40. The molecule has 2 heterocycles. The molecule has 0 aliphatic carbocycles. The molecule has 0 fully saturated rings. The Hall–Kier alpha value is -4.67. The second-order valence-electron chi connectivity index (χ2n) is 10.1. The first-order chi connectivity index (χ1) is 19.1. The van der Waals surface area contributed by atoms with Crippen molar-refractivity contribution in [1.29, 1.82) is 0 Å². The number of carbonyl (C=O) groups excluding carboxylic acids is 3. The van der Waals surface area contributed by atoms with Crippen LogP contribution in [0.25, 0.3) is 11.3 Å². The Morgan fingerprint density at radius 2 is 1.80 bits per heavy atom. The summed E-state index contributed by atoms with van der Waals surface area (Å²) in [6.45, 7) is 5.64. The number of ether oxygens (including phenoxy) is 1. The average Bonchev–Trinajstić information content (AvgIpc) is 3.53. The van der Waals surface area contributed by atoms with Crippen molar-refractivity contribution in [3.8, 4) is 5.75 Å². The number of benzene rings is 3. The number of hydrogen-bond donors (Lipinski definition) is 3. The molecular weight excluding hydrogens is 512 g/mol. The van der Waals surface area contributed by atoms with Gasteiger partial charge in [0.25, 0.3) is 5.91 Å². The number of anilines is 3. The first kappa shape index (κ1) is 26.9. The molecule has 3 aromatic rings. The molecule has 0 aromatic heterocycles.